The summed E-state index contributed by atoms with van der Waals surface area (Å²) in [6, 6.07) is 11.9. The first kappa shape index (κ1) is 28.6. The number of para-hydroxylation sites is 1. The van der Waals surface area contributed by atoms with Gasteiger partial charge in [-0.15, -0.1) is 24.0 Å². The molecule has 184 valence electrons. The van der Waals surface area contributed by atoms with Crippen molar-refractivity contribution in [1.29, 1.82) is 0 Å². The van der Waals surface area contributed by atoms with Crippen LogP contribution in [0.25, 0.3) is 0 Å². The zero-order valence-electron chi connectivity index (χ0n) is 20.4. The molecule has 0 atom stereocenters. The third kappa shape index (κ3) is 9.17. The van der Waals surface area contributed by atoms with Crippen molar-refractivity contribution in [2.24, 2.45) is 4.99 Å². The standard InChI is InChI=1S/C24H36N4O4.HI/c1-7-25-24(26-16-18-14-21(29-4)23(31-6)22(15-18)30-5)27-17-19-10-8-9-11-20(19)32-13-12-28(2)3;/h8-11,14-15H,7,12-13,16-17H2,1-6H3,(H2,25,26,27);1H. The third-order valence-corrected chi connectivity index (χ3v) is 4.70. The van der Waals surface area contributed by atoms with E-state index in [4.69, 9.17) is 23.9 Å². The van der Waals surface area contributed by atoms with Gasteiger partial charge in [0.05, 0.1) is 27.9 Å². The maximum Gasteiger partial charge on any atom is 0.203 e. The van der Waals surface area contributed by atoms with E-state index in [0.717, 1.165) is 30.0 Å². The van der Waals surface area contributed by atoms with Crippen molar-refractivity contribution in [3.63, 3.8) is 0 Å². The van der Waals surface area contributed by atoms with Crippen molar-refractivity contribution >= 4 is 29.9 Å². The van der Waals surface area contributed by atoms with E-state index in [-0.39, 0.29) is 24.0 Å². The Labute approximate surface area is 214 Å². The number of hydrogen-bond acceptors (Lipinski definition) is 6. The third-order valence-electron chi connectivity index (χ3n) is 4.70. The average molecular weight is 572 g/mol. The quantitative estimate of drug-likeness (QED) is 0.229. The van der Waals surface area contributed by atoms with Crippen molar-refractivity contribution in [1.82, 2.24) is 15.5 Å². The van der Waals surface area contributed by atoms with E-state index in [1.54, 1.807) is 21.3 Å². The van der Waals surface area contributed by atoms with Crippen LogP contribution in [-0.2, 0) is 13.1 Å². The molecule has 2 aromatic carbocycles. The highest BCUT2D eigenvalue weighted by atomic mass is 127. The van der Waals surface area contributed by atoms with Crippen LogP contribution in [0.5, 0.6) is 23.0 Å². The number of benzene rings is 2. The molecule has 0 saturated heterocycles. The predicted octanol–water partition coefficient (Wildman–Crippen LogP) is 3.53. The zero-order valence-corrected chi connectivity index (χ0v) is 22.8. The molecule has 0 heterocycles. The van der Waals surface area contributed by atoms with E-state index < -0.39 is 0 Å². The smallest absolute Gasteiger partial charge is 0.203 e. The van der Waals surface area contributed by atoms with Crippen molar-refractivity contribution in [2.75, 3.05) is 55.1 Å². The van der Waals surface area contributed by atoms with Gasteiger partial charge in [-0.3, -0.25) is 0 Å². The zero-order chi connectivity index (χ0) is 23.3. The molecule has 33 heavy (non-hydrogen) atoms. The number of methoxy groups -OCH3 is 3. The summed E-state index contributed by atoms with van der Waals surface area (Å²) in [5.74, 6) is 3.38. The van der Waals surface area contributed by atoms with Gasteiger partial charge in [-0.25, -0.2) is 4.99 Å². The van der Waals surface area contributed by atoms with Gasteiger partial charge in [-0.05, 0) is 44.8 Å². The van der Waals surface area contributed by atoms with Crippen molar-refractivity contribution in [3.8, 4) is 23.0 Å². The van der Waals surface area contributed by atoms with E-state index in [9.17, 15) is 0 Å². The molecule has 0 spiro atoms. The van der Waals surface area contributed by atoms with Gasteiger partial charge in [0.25, 0.3) is 0 Å². The second-order valence-corrected chi connectivity index (χ2v) is 7.34. The Morgan fingerprint density at radius 2 is 1.61 bits per heavy atom. The fraction of sp³-hybridized carbons (Fsp3) is 0.458. The van der Waals surface area contributed by atoms with Crippen LogP contribution in [0.15, 0.2) is 41.4 Å². The maximum absolute atomic E-state index is 5.96. The molecule has 2 N–H and O–H groups in total. The summed E-state index contributed by atoms with van der Waals surface area (Å²) >= 11 is 0. The lowest BCUT2D eigenvalue weighted by atomic mass is 10.2. The summed E-state index contributed by atoms with van der Waals surface area (Å²) in [5.41, 5.74) is 2.02. The van der Waals surface area contributed by atoms with Gasteiger partial charge >= 0.3 is 0 Å². The van der Waals surface area contributed by atoms with E-state index in [1.807, 2.05) is 51.4 Å². The molecule has 2 aromatic rings. The van der Waals surface area contributed by atoms with Crippen LogP contribution in [0.3, 0.4) is 0 Å². The number of hydrogen-bond donors (Lipinski definition) is 2. The molecule has 0 aromatic heterocycles. The fourth-order valence-corrected chi connectivity index (χ4v) is 3.05. The molecule has 0 aliphatic rings. The van der Waals surface area contributed by atoms with E-state index in [1.165, 1.54) is 0 Å². The Morgan fingerprint density at radius 3 is 2.18 bits per heavy atom. The second kappa shape index (κ2) is 15.4. The van der Waals surface area contributed by atoms with Crippen LogP contribution < -0.4 is 29.6 Å². The summed E-state index contributed by atoms with van der Waals surface area (Å²) in [5, 5.41) is 6.67. The van der Waals surface area contributed by atoms with Gasteiger partial charge in [-0.2, -0.15) is 0 Å². The van der Waals surface area contributed by atoms with Crippen molar-refractivity contribution in [3.05, 3.63) is 47.5 Å². The van der Waals surface area contributed by atoms with Gasteiger partial charge in [0.2, 0.25) is 5.75 Å². The molecule has 0 saturated carbocycles. The number of nitrogens with one attached hydrogen (secondary N) is 2. The van der Waals surface area contributed by atoms with Crippen molar-refractivity contribution < 1.29 is 18.9 Å². The molecule has 0 aliphatic carbocycles. The number of nitrogens with zero attached hydrogens (tertiary/aromatic N) is 2. The SMILES string of the molecule is CCNC(=NCc1cc(OC)c(OC)c(OC)c1)NCc1ccccc1OCCN(C)C.I. The Hall–Kier alpha value is -2.40. The molecule has 8 nitrogen and oxygen atoms in total. The largest absolute Gasteiger partial charge is 0.493 e. The molecule has 0 amide bonds. The van der Waals surface area contributed by atoms with Gasteiger partial charge in [-0.1, -0.05) is 18.2 Å². The Kier molecular flexibility index (Phi) is 13.4. The molecular weight excluding hydrogens is 535 g/mol. The number of halogens is 1. The van der Waals surface area contributed by atoms with Gasteiger partial charge < -0.3 is 34.5 Å². The number of ether oxygens (including phenoxy) is 4. The minimum Gasteiger partial charge on any atom is -0.493 e. The minimum absolute atomic E-state index is 0. The Balaban J connectivity index is 0.00000544. The topological polar surface area (TPSA) is 76.6 Å². The van der Waals surface area contributed by atoms with Crippen LogP contribution in [0.2, 0.25) is 0 Å². The van der Waals surface area contributed by atoms with Crippen LogP contribution in [0.4, 0.5) is 0 Å². The van der Waals surface area contributed by atoms with Gasteiger partial charge in [0.1, 0.15) is 12.4 Å². The highest BCUT2D eigenvalue weighted by molar-refractivity contribution is 14.0. The van der Waals surface area contributed by atoms with Crippen LogP contribution >= 0.6 is 24.0 Å². The molecule has 2 rings (SSSR count). The predicted molar refractivity (Wildman–Crippen MR) is 144 cm³/mol. The number of likely N-dealkylation sites (N-methyl/N-ethyl adjacent to an activating group) is 1. The number of rotatable bonds is 12. The molecule has 9 heteroatoms. The lowest BCUT2D eigenvalue weighted by Gasteiger charge is -2.16. The summed E-state index contributed by atoms with van der Waals surface area (Å²) in [6.45, 7) is 5.34. The first-order valence-electron chi connectivity index (χ1n) is 10.7. The molecule has 0 aliphatic heterocycles. The summed E-state index contributed by atoms with van der Waals surface area (Å²) in [6.07, 6.45) is 0. The normalized spacial score (nSPS) is 10.9. The number of guanidine groups is 1. The van der Waals surface area contributed by atoms with Gasteiger partial charge in [0, 0.05) is 25.2 Å². The van der Waals surface area contributed by atoms with Crippen molar-refractivity contribution in [2.45, 2.75) is 20.0 Å². The fourth-order valence-electron chi connectivity index (χ4n) is 3.05. The highest BCUT2D eigenvalue weighted by Crippen LogP contribution is 2.38. The van der Waals surface area contributed by atoms with Gasteiger partial charge in [0.15, 0.2) is 17.5 Å². The van der Waals surface area contributed by atoms with Crippen LogP contribution in [-0.4, -0.2) is 66.0 Å². The molecule has 0 bridgehead atoms. The van der Waals surface area contributed by atoms with E-state index in [2.05, 4.69) is 21.6 Å². The summed E-state index contributed by atoms with van der Waals surface area (Å²) < 4.78 is 22.2. The molecule has 0 fully saturated rings. The Morgan fingerprint density at radius 1 is 0.939 bits per heavy atom. The Bertz CT molecular complexity index is 852. The molecule has 0 radical (unpaired) electrons. The summed E-state index contributed by atoms with van der Waals surface area (Å²) in [7, 11) is 8.86. The number of aliphatic imine (C=N–C) groups is 1. The highest BCUT2D eigenvalue weighted by Gasteiger charge is 2.13. The maximum atomic E-state index is 5.96. The van der Waals surface area contributed by atoms with Crippen LogP contribution in [0.1, 0.15) is 18.1 Å². The first-order chi connectivity index (χ1) is 15.5. The first-order valence-corrected chi connectivity index (χ1v) is 10.7. The molecular formula is C24H37IN4O4. The van der Waals surface area contributed by atoms with E-state index >= 15 is 0 Å². The van der Waals surface area contributed by atoms with Crippen LogP contribution in [0, 0.1) is 0 Å². The lowest BCUT2D eigenvalue weighted by Crippen LogP contribution is -2.36. The minimum atomic E-state index is 0. The van der Waals surface area contributed by atoms with E-state index in [0.29, 0.717) is 42.9 Å². The second-order valence-electron chi connectivity index (χ2n) is 7.34. The summed E-state index contributed by atoms with van der Waals surface area (Å²) in [4.78, 5) is 6.81. The molecule has 0 unspecified atom stereocenters. The monoisotopic (exact) mass is 572 g/mol. The lowest BCUT2D eigenvalue weighted by molar-refractivity contribution is 0.259. The average Bonchev–Trinajstić information content (AvgIpc) is 2.80.